The molecule has 1 aliphatic heterocycles. The minimum atomic E-state index is -0.901. The molecular formula is C14H20FN3O. The maximum atomic E-state index is 13.0. The lowest BCUT2D eigenvalue weighted by Crippen LogP contribution is -2.41. The van der Waals surface area contributed by atoms with E-state index in [0.29, 0.717) is 19.0 Å². The third-order valence-electron chi connectivity index (χ3n) is 3.89. The summed E-state index contributed by atoms with van der Waals surface area (Å²) in [6.07, 6.45) is 1.02. The van der Waals surface area contributed by atoms with E-state index in [1.165, 1.54) is 4.90 Å². The van der Waals surface area contributed by atoms with Crippen molar-refractivity contribution in [3.8, 4) is 0 Å². The van der Waals surface area contributed by atoms with Gasteiger partial charge in [-0.3, -0.25) is 9.48 Å². The molecular weight excluding hydrogens is 245 g/mol. The first-order valence-electron chi connectivity index (χ1n) is 6.68. The molecule has 0 spiro atoms. The highest BCUT2D eigenvalue weighted by molar-refractivity contribution is 5.90. The molecule has 1 amide bonds. The van der Waals surface area contributed by atoms with Gasteiger partial charge in [-0.05, 0) is 25.3 Å². The van der Waals surface area contributed by atoms with Crippen LogP contribution in [0.25, 0.3) is 0 Å². The van der Waals surface area contributed by atoms with E-state index in [-0.39, 0.29) is 6.04 Å². The number of carbonyl (C=O) groups is 1. The van der Waals surface area contributed by atoms with E-state index in [1.807, 2.05) is 17.7 Å². The number of nitrogens with zero attached hydrogens (tertiary/aromatic N) is 3. The number of amides is 1. The summed E-state index contributed by atoms with van der Waals surface area (Å²) in [4.78, 5) is 13.3. The summed E-state index contributed by atoms with van der Waals surface area (Å²) in [5.41, 5.74) is 2.01. The maximum absolute atomic E-state index is 13.0. The fourth-order valence-electron chi connectivity index (χ4n) is 2.41. The molecule has 1 aliphatic rings. The second kappa shape index (κ2) is 5.15. The molecule has 0 aromatic carbocycles. The van der Waals surface area contributed by atoms with Crippen molar-refractivity contribution < 1.29 is 9.18 Å². The molecule has 0 fully saturated rings. The van der Waals surface area contributed by atoms with Gasteiger partial charge in [0.05, 0.1) is 24.0 Å². The lowest BCUT2D eigenvalue weighted by atomic mass is 10.0. The Morgan fingerprint density at radius 1 is 1.63 bits per heavy atom. The largest absolute Gasteiger partial charge is 0.326 e. The molecule has 1 aromatic rings. The van der Waals surface area contributed by atoms with E-state index in [0.717, 1.165) is 17.8 Å². The lowest BCUT2D eigenvalue weighted by molar-refractivity contribution is -0.131. The minimum absolute atomic E-state index is 0.168. The van der Waals surface area contributed by atoms with Crippen molar-refractivity contribution in [1.82, 2.24) is 14.7 Å². The van der Waals surface area contributed by atoms with Crippen LogP contribution in [0.3, 0.4) is 0 Å². The van der Waals surface area contributed by atoms with Crippen LogP contribution in [0.5, 0.6) is 0 Å². The molecule has 4 nitrogen and oxygen atoms in total. The summed E-state index contributed by atoms with van der Waals surface area (Å²) in [5, 5.41) is 4.57. The quantitative estimate of drug-likeness (QED) is 0.788. The summed E-state index contributed by atoms with van der Waals surface area (Å²) < 4.78 is 14.9. The number of fused-ring (bicyclic) bond motifs is 1. The molecule has 0 radical (unpaired) electrons. The molecule has 0 bridgehead atoms. The van der Waals surface area contributed by atoms with Gasteiger partial charge in [0.25, 0.3) is 5.91 Å². The van der Waals surface area contributed by atoms with Crippen molar-refractivity contribution in [1.29, 1.82) is 0 Å². The molecule has 19 heavy (non-hydrogen) atoms. The van der Waals surface area contributed by atoms with Crippen molar-refractivity contribution >= 4 is 5.91 Å². The van der Waals surface area contributed by atoms with Crippen molar-refractivity contribution in [2.45, 2.75) is 45.7 Å². The highest BCUT2D eigenvalue weighted by Crippen LogP contribution is 2.29. The third-order valence-corrected chi connectivity index (χ3v) is 3.89. The zero-order valence-corrected chi connectivity index (χ0v) is 11.7. The number of halogens is 1. The SMILES string of the molecule is C=C(F)C(=O)N1CCn2nc(C(C)CC)cc2C1C. The average molecular weight is 265 g/mol. The van der Waals surface area contributed by atoms with Crippen LogP contribution in [0, 0.1) is 0 Å². The first-order chi connectivity index (χ1) is 8.95. The van der Waals surface area contributed by atoms with Crippen LogP contribution < -0.4 is 0 Å². The number of hydrogen-bond acceptors (Lipinski definition) is 2. The molecule has 5 heteroatoms. The van der Waals surface area contributed by atoms with Crippen molar-refractivity contribution in [2.75, 3.05) is 6.54 Å². The van der Waals surface area contributed by atoms with E-state index in [1.54, 1.807) is 0 Å². The summed E-state index contributed by atoms with van der Waals surface area (Å²) in [7, 11) is 0. The first-order valence-corrected chi connectivity index (χ1v) is 6.68. The monoisotopic (exact) mass is 265 g/mol. The second-order valence-electron chi connectivity index (χ2n) is 5.11. The number of hydrogen-bond donors (Lipinski definition) is 0. The van der Waals surface area contributed by atoms with E-state index in [4.69, 9.17) is 0 Å². The molecule has 104 valence electrons. The molecule has 0 aliphatic carbocycles. The topological polar surface area (TPSA) is 38.1 Å². The van der Waals surface area contributed by atoms with Crippen LogP contribution >= 0.6 is 0 Å². The Labute approximate surface area is 112 Å². The van der Waals surface area contributed by atoms with Gasteiger partial charge in [0, 0.05) is 6.54 Å². The molecule has 2 heterocycles. The van der Waals surface area contributed by atoms with Crippen LogP contribution in [-0.4, -0.2) is 27.1 Å². The molecule has 2 atom stereocenters. The summed E-state index contributed by atoms with van der Waals surface area (Å²) in [6, 6.07) is 1.86. The van der Waals surface area contributed by atoms with E-state index in [9.17, 15) is 9.18 Å². The Morgan fingerprint density at radius 2 is 2.32 bits per heavy atom. The van der Waals surface area contributed by atoms with Gasteiger partial charge in [0.2, 0.25) is 0 Å². The normalized spacial score (nSPS) is 20.0. The average Bonchev–Trinajstić information content (AvgIpc) is 2.82. The van der Waals surface area contributed by atoms with Crippen molar-refractivity contribution in [3.05, 3.63) is 29.9 Å². The Bertz CT molecular complexity index is 509. The Balaban J connectivity index is 2.28. The highest BCUT2D eigenvalue weighted by atomic mass is 19.1. The molecule has 2 rings (SSSR count). The predicted octanol–water partition coefficient (Wildman–Crippen LogP) is 2.78. The van der Waals surface area contributed by atoms with Crippen LogP contribution in [0.1, 0.15) is 50.5 Å². The van der Waals surface area contributed by atoms with Crippen LogP contribution in [0.15, 0.2) is 18.5 Å². The van der Waals surface area contributed by atoms with Crippen molar-refractivity contribution in [2.24, 2.45) is 0 Å². The van der Waals surface area contributed by atoms with Gasteiger partial charge in [0.15, 0.2) is 5.83 Å². The Morgan fingerprint density at radius 3 is 2.89 bits per heavy atom. The Hall–Kier alpha value is -1.65. The fraction of sp³-hybridized carbons (Fsp3) is 0.571. The lowest BCUT2D eigenvalue weighted by Gasteiger charge is -2.33. The van der Waals surface area contributed by atoms with Gasteiger partial charge in [-0.2, -0.15) is 5.10 Å². The standard InChI is InChI=1S/C14H20FN3O/c1-5-9(2)12-8-13-11(4)17(14(19)10(3)15)6-7-18(13)16-12/h8-9,11H,3,5-7H2,1-2,4H3. The fourth-order valence-corrected chi connectivity index (χ4v) is 2.41. The smallest absolute Gasteiger partial charge is 0.282 e. The van der Waals surface area contributed by atoms with Gasteiger partial charge in [-0.25, -0.2) is 4.39 Å². The van der Waals surface area contributed by atoms with E-state index in [2.05, 4.69) is 25.5 Å². The first kappa shape index (κ1) is 13.8. The van der Waals surface area contributed by atoms with Crippen LogP contribution in [-0.2, 0) is 11.3 Å². The zero-order chi connectivity index (χ0) is 14.2. The molecule has 0 saturated carbocycles. The Kier molecular flexibility index (Phi) is 3.73. The third kappa shape index (κ3) is 2.41. The van der Waals surface area contributed by atoms with Crippen LogP contribution in [0.2, 0.25) is 0 Å². The minimum Gasteiger partial charge on any atom is -0.326 e. The van der Waals surface area contributed by atoms with Crippen LogP contribution in [0.4, 0.5) is 4.39 Å². The number of aromatic nitrogens is 2. The summed E-state index contributed by atoms with van der Waals surface area (Å²) >= 11 is 0. The number of rotatable bonds is 3. The van der Waals surface area contributed by atoms with Gasteiger partial charge in [-0.15, -0.1) is 0 Å². The van der Waals surface area contributed by atoms with E-state index >= 15 is 0 Å². The summed E-state index contributed by atoms with van der Waals surface area (Å²) in [6.45, 7) is 10.3. The number of carbonyl (C=O) groups excluding carboxylic acids is 1. The van der Waals surface area contributed by atoms with Gasteiger partial charge >= 0.3 is 0 Å². The molecule has 0 N–H and O–H groups in total. The van der Waals surface area contributed by atoms with Crippen molar-refractivity contribution in [3.63, 3.8) is 0 Å². The predicted molar refractivity (Wildman–Crippen MR) is 71.3 cm³/mol. The molecule has 0 saturated heterocycles. The van der Waals surface area contributed by atoms with Gasteiger partial charge in [0.1, 0.15) is 0 Å². The van der Waals surface area contributed by atoms with E-state index < -0.39 is 11.7 Å². The zero-order valence-electron chi connectivity index (χ0n) is 11.7. The second-order valence-corrected chi connectivity index (χ2v) is 5.11. The summed E-state index contributed by atoms with van der Waals surface area (Å²) in [5.74, 6) is -1.13. The highest BCUT2D eigenvalue weighted by Gasteiger charge is 2.30. The maximum Gasteiger partial charge on any atom is 0.282 e. The van der Waals surface area contributed by atoms with Gasteiger partial charge < -0.3 is 4.90 Å². The molecule has 1 aromatic heterocycles. The molecule has 2 unspecified atom stereocenters. The van der Waals surface area contributed by atoms with Gasteiger partial charge in [-0.1, -0.05) is 20.4 Å².